The van der Waals surface area contributed by atoms with E-state index in [0.29, 0.717) is 0 Å². The van der Waals surface area contributed by atoms with Crippen molar-refractivity contribution in [2.45, 2.75) is 32.2 Å². The van der Waals surface area contributed by atoms with Crippen LogP contribution in [-0.2, 0) is 13.0 Å². The fourth-order valence-electron chi connectivity index (χ4n) is 2.76. The number of fused-ring (bicyclic) bond motifs is 1. The molecule has 1 aromatic rings. The number of rotatable bonds is 3. The van der Waals surface area contributed by atoms with E-state index < -0.39 is 0 Å². The Labute approximate surface area is 116 Å². The molecule has 0 amide bonds. The topological polar surface area (TPSA) is 41.1 Å². The first-order valence-electron chi connectivity index (χ1n) is 6.71. The number of aromatic nitrogens is 2. The molecular weight excluding hydrogens is 292 g/mol. The molecule has 4 nitrogen and oxygen atoms in total. The van der Waals surface area contributed by atoms with Gasteiger partial charge in [0, 0.05) is 38.7 Å². The molecule has 0 saturated heterocycles. The van der Waals surface area contributed by atoms with Crippen molar-refractivity contribution >= 4 is 21.7 Å². The van der Waals surface area contributed by atoms with Crippen molar-refractivity contribution in [2.24, 2.45) is 5.92 Å². The van der Waals surface area contributed by atoms with Crippen LogP contribution in [0.15, 0.2) is 4.73 Å². The highest BCUT2D eigenvalue weighted by atomic mass is 79.9. The van der Waals surface area contributed by atoms with Crippen LogP contribution in [0.2, 0.25) is 0 Å². The van der Waals surface area contributed by atoms with Crippen LogP contribution >= 0.6 is 15.9 Å². The maximum atomic E-state index is 4.59. The van der Waals surface area contributed by atoms with Gasteiger partial charge in [0.05, 0.1) is 5.69 Å². The molecule has 0 unspecified atom stereocenters. The Morgan fingerprint density at radius 3 is 2.94 bits per heavy atom. The van der Waals surface area contributed by atoms with Crippen LogP contribution in [0.3, 0.4) is 0 Å². The zero-order valence-electron chi connectivity index (χ0n) is 10.7. The molecule has 0 spiro atoms. The number of hydrogen-bond acceptors (Lipinski definition) is 4. The number of nitrogens with one attached hydrogen (secondary N) is 1. The van der Waals surface area contributed by atoms with Crippen LogP contribution in [0.25, 0.3) is 0 Å². The molecule has 1 fully saturated rings. The Morgan fingerprint density at radius 1 is 1.39 bits per heavy atom. The summed E-state index contributed by atoms with van der Waals surface area (Å²) in [5.74, 6) is 1.96. The quantitative estimate of drug-likeness (QED) is 0.868. The summed E-state index contributed by atoms with van der Waals surface area (Å²) in [7, 11) is 2.15. The van der Waals surface area contributed by atoms with E-state index in [1.165, 1.54) is 30.5 Å². The summed E-state index contributed by atoms with van der Waals surface area (Å²) < 4.78 is 0.721. The van der Waals surface area contributed by atoms with Crippen molar-refractivity contribution in [2.75, 3.05) is 25.0 Å². The highest BCUT2D eigenvalue weighted by Gasteiger charge is 2.23. The lowest BCUT2D eigenvalue weighted by molar-refractivity contribution is 0.320. The van der Waals surface area contributed by atoms with Gasteiger partial charge in [-0.3, -0.25) is 0 Å². The van der Waals surface area contributed by atoms with Gasteiger partial charge in [-0.05, 0) is 34.7 Å². The fourth-order valence-corrected chi connectivity index (χ4v) is 3.14. The van der Waals surface area contributed by atoms with Crippen molar-refractivity contribution in [3.05, 3.63) is 16.0 Å². The molecule has 1 N–H and O–H groups in total. The number of hydrogen-bond donors (Lipinski definition) is 1. The van der Waals surface area contributed by atoms with Gasteiger partial charge in [-0.25, -0.2) is 9.97 Å². The lowest BCUT2D eigenvalue weighted by atomic mass is 9.85. The molecule has 5 heteroatoms. The molecule has 98 valence electrons. The lowest BCUT2D eigenvalue weighted by Gasteiger charge is -2.32. The van der Waals surface area contributed by atoms with Crippen LogP contribution in [0.4, 0.5) is 5.82 Å². The molecular formula is C13H19BrN4. The molecule has 1 saturated carbocycles. The third-order valence-corrected chi connectivity index (χ3v) is 4.36. The monoisotopic (exact) mass is 310 g/mol. The largest absolute Gasteiger partial charge is 0.359 e. The van der Waals surface area contributed by atoms with Crippen LogP contribution in [0.1, 0.15) is 30.5 Å². The predicted octanol–water partition coefficient (Wildman–Crippen LogP) is 2.12. The second-order valence-corrected chi connectivity index (χ2v) is 6.05. The first-order chi connectivity index (χ1) is 8.74. The Bertz CT molecular complexity index is 445. The van der Waals surface area contributed by atoms with Gasteiger partial charge in [-0.15, -0.1) is 0 Å². The van der Waals surface area contributed by atoms with Gasteiger partial charge in [0.2, 0.25) is 0 Å². The number of nitrogens with zero attached hydrogens (tertiary/aromatic N) is 3. The molecule has 1 aliphatic carbocycles. The van der Waals surface area contributed by atoms with E-state index in [2.05, 4.69) is 43.2 Å². The Hall–Kier alpha value is -0.680. The molecule has 1 aliphatic heterocycles. The average molecular weight is 311 g/mol. The summed E-state index contributed by atoms with van der Waals surface area (Å²) >= 11 is 3.44. The maximum absolute atomic E-state index is 4.59. The van der Waals surface area contributed by atoms with E-state index in [4.69, 9.17) is 0 Å². The van der Waals surface area contributed by atoms with Crippen molar-refractivity contribution in [3.63, 3.8) is 0 Å². The molecule has 0 atom stereocenters. The van der Waals surface area contributed by atoms with Gasteiger partial charge < -0.3 is 10.2 Å². The number of halogens is 1. The molecule has 2 aliphatic rings. The molecule has 0 bridgehead atoms. The first-order valence-corrected chi connectivity index (χ1v) is 7.50. The summed E-state index contributed by atoms with van der Waals surface area (Å²) in [4.78, 5) is 11.4. The second-order valence-electron chi connectivity index (χ2n) is 5.35. The number of anilines is 1. The minimum atomic E-state index is 0.721. The van der Waals surface area contributed by atoms with Crippen molar-refractivity contribution < 1.29 is 0 Å². The van der Waals surface area contributed by atoms with Crippen LogP contribution in [-0.4, -0.2) is 30.1 Å². The fraction of sp³-hybridized carbons (Fsp3) is 0.692. The molecule has 0 radical (unpaired) electrons. The predicted molar refractivity (Wildman–Crippen MR) is 75.8 cm³/mol. The van der Waals surface area contributed by atoms with Crippen molar-refractivity contribution in [1.82, 2.24) is 15.3 Å². The molecule has 3 rings (SSSR count). The second kappa shape index (κ2) is 5.13. The van der Waals surface area contributed by atoms with E-state index in [1.54, 1.807) is 0 Å². The van der Waals surface area contributed by atoms with E-state index in [-0.39, 0.29) is 0 Å². The minimum Gasteiger partial charge on any atom is -0.359 e. The van der Waals surface area contributed by atoms with Gasteiger partial charge in [0.1, 0.15) is 5.82 Å². The van der Waals surface area contributed by atoms with Crippen molar-refractivity contribution in [3.8, 4) is 0 Å². The summed E-state index contributed by atoms with van der Waals surface area (Å²) in [6, 6.07) is 0. The van der Waals surface area contributed by atoms with Gasteiger partial charge in [-0.1, -0.05) is 6.42 Å². The third kappa shape index (κ3) is 2.38. The standard InChI is InChI=1S/C13H19BrN4/c1-18(8-9-3-2-4-9)12-10-7-15-6-5-11(10)16-13(14)17-12/h9,15H,2-8H2,1H3. The summed E-state index contributed by atoms with van der Waals surface area (Å²) in [5, 5.41) is 3.41. The third-order valence-electron chi connectivity index (χ3n) is 4.00. The smallest absolute Gasteiger partial charge is 0.198 e. The van der Waals surface area contributed by atoms with Crippen molar-refractivity contribution in [1.29, 1.82) is 0 Å². The molecule has 0 aromatic carbocycles. The van der Waals surface area contributed by atoms with Crippen LogP contribution < -0.4 is 10.2 Å². The highest BCUT2D eigenvalue weighted by molar-refractivity contribution is 9.10. The summed E-state index contributed by atoms with van der Waals surface area (Å²) in [5.41, 5.74) is 2.48. The van der Waals surface area contributed by atoms with E-state index in [0.717, 1.165) is 42.5 Å². The zero-order valence-corrected chi connectivity index (χ0v) is 12.3. The molecule has 2 heterocycles. The lowest BCUT2D eigenvalue weighted by Crippen LogP contribution is -2.33. The Balaban J connectivity index is 1.86. The Morgan fingerprint density at radius 2 is 2.22 bits per heavy atom. The van der Waals surface area contributed by atoms with Crippen LogP contribution in [0, 0.1) is 5.92 Å². The van der Waals surface area contributed by atoms with Gasteiger partial charge >= 0.3 is 0 Å². The van der Waals surface area contributed by atoms with Gasteiger partial charge in [-0.2, -0.15) is 0 Å². The van der Waals surface area contributed by atoms with E-state index in [1.807, 2.05) is 0 Å². The van der Waals surface area contributed by atoms with E-state index >= 15 is 0 Å². The summed E-state index contributed by atoms with van der Waals surface area (Å²) in [6.45, 7) is 3.03. The van der Waals surface area contributed by atoms with Gasteiger partial charge in [0.15, 0.2) is 4.73 Å². The average Bonchev–Trinajstić information content (AvgIpc) is 2.32. The Kier molecular flexibility index (Phi) is 3.52. The van der Waals surface area contributed by atoms with Crippen LogP contribution in [0.5, 0.6) is 0 Å². The zero-order chi connectivity index (χ0) is 12.5. The maximum Gasteiger partial charge on any atom is 0.198 e. The summed E-state index contributed by atoms with van der Waals surface area (Å²) in [6.07, 6.45) is 5.14. The molecule has 1 aromatic heterocycles. The van der Waals surface area contributed by atoms with Gasteiger partial charge in [0.25, 0.3) is 0 Å². The first kappa shape index (κ1) is 12.4. The van der Waals surface area contributed by atoms with E-state index in [9.17, 15) is 0 Å². The molecule has 18 heavy (non-hydrogen) atoms. The highest BCUT2D eigenvalue weighted by Crippen LogP contribution is 2.30. The normalized spacial score (nSPS) is 19.2. The minimum absolute atomic E-state index is 0.721. The SMILES string of the molecule is CN(CC1CCC1)c1nc(Br)nc2c1CNCC2.